The number of nitrogens with zero attached hydrogens (tertiary/aromatic N) is 1. The van der Waals surface area contributed by atoms with E-state index in [1.54, 1.807) is 0 Å². The fraction of sp³-hybridized carbons (Fsp3) is 0.833. The van der Waals surface area contributed by atoms with Crippen LogP contribution in [0, 0.1) is 0 Å². The van der Waals surface area contributed by atoms with Crippen LogP contribution in [0.15, 0.2) is 5.38 Å². The van der Waals surface area contributed by atoms with Crippen LogP contribution in [-0.4, -0.2) is 37.4 Å². The first kappa shape index (κ1) is 19.4. The van der Waals surface area contributed by atoms with Crippen LogP contribution in [0.4, 0.5) is 0 Å². The molecule has 7 heteroatoms. The highest BCUT2D eigenvalue weighted by Crippen LogP contribution is 2.45. The second kappa shape index (κ2) is 6.69. The summed E-state index contributed by atoms with van der Waals surface area (Å²) in [5, 5.41) is 14.1. The zero-order chi connectivity index (χ0) is 18.3. The van der Waals surface area contributed by atoms with Crippen molar-refractivity contribution in [3.8, 4) is 0 Å². The highest BCUT2D eigenvalue weighted by molar-refractivity contribution is 7.09. The second-order valence-electron chi connectivity index (χ2n) is 8.83. The first-order valence-electron chi connectivity index (χ1n) is 9.15. The van der Waals surface area contributed by atoms with Gasteiger partial charge in [0.2, 0.25) is 0 Å². The third kappa shape index (κ3) is 4.01. The van der Waals surface area contributed by atoms with Crippen molar-refractivity contribution in [3.05, 3.63) is 16.1 Å². The van der Waals surface area contributed by atoms with Gasteiger partial charge in [-0.3, -0.25) is 0 Å². The third-order valence-electron chi connectivity index (χ3n) is 5.99. The SMILES string of the molecule is CC(C)(C)[Si](C)(C)OCc1csc(C2(O)CCC3(CC2)OCCO3)n1. The summed E-state index contributed by atoms with van der Waals surface area (Å²) in [5.74, 6) is -0.461. The normalized spacial score (nSPS) is 23.3. The predicted molar refractivity (Wildman–Crippen MR) is 101 cm³/mol. The number of hydrogen-bond acceptors (Lipinski definition) is 6. The predicted octanol–water partition coefficient (Wildman–Crippen LogP) is 4.17. The lowest BCUT2D eigenvalue weighted by atomic mass is 9.82. The first-order chi connectivity index (χ1) is 11.6. The van der Waals surface area contributed by atoms with Gasteiger partial charge in [0, 0.05) is 18.2 Å². The topological polar surface area (TPSA) is 60.8 Å². The van der Waals surface area contributed by atoms with Crippen molar-refractivity contribution in [2.24, 2.45) is 0 Å². The van der Waals surface area contributed by atoms with E-state index in [0.29, 0.717) is 32.7 Å². The van der Waals surface area contributed by atoms with Gasteiger partial charge in [-0.25, -0.2) is 4.98 Å². The van der Waals surface area contributed by atoms with E-state index in [1.165, 1.54) is 11.3 Å². The Morgan fingerprint density at radius 1 is 1.20 bits per heavy atom. The molecule has 1 N–H and O–H groups in total. The Morgan fingerprint density at radius 3 is 2.36 bits per heavy atom. The van der Waals surface area contributed by atoms with E-state index in [1.807, 2.05) is 5.38 Å². The van der Waals surface area contributed by atoms with Crippen molar-refractivity contribution in [3.63, 3.8) is 0 Å². The first-order valence-corrected chi connectivity index (χ1v) is 12.9. The summed E-state index contributed by atoms with van der Waals surface area (Å²) in [4.78, 5) is 4.69. The Labute approximate surface area is 155 Å². The van der Waals surface area contributed by atoms with E-state index < -0.39 is 19.7 Å². The fourth-order valence-electron chi connectivity index (χ4n) is 3.10. The molecule has 142 valence electrons. The number of rotatable bonds is 4. The second-order valence-corrected chi connectivity index (χ2v) is 14.5. The van der Waals surface area contributed by atoms with E-state index in [9.17, 15) is 5.11 Å². The molecule has 1 aliphatic carbocycles. The molecule has 2 heterocycles. The van der Waals surface area contributed by atoms with Gasteiger partial charge in [0.15, 0.2) is 14.1 Å². The van der Waals surface area contributed by atoms with Crippen molar-refractivity contribution in [1.82, 2.24) is 4.98 Å². The average molecular weight is 386 g/mol. The quantitative estimate of drug-likeness (QED) is 0.788. The average Bonchev–Trinajstić information content (AvgIpc) is 3.18. The Morgan fingerprint density at radius 2 is 1.80 bits per heavy atom. The van der Waals surface area contributed by atoms with Gasteiger partial charge in [-0.2, -0.15) is 0 Å². The molecule has 25 heavy (non-hydrogen) atoms. The van der Waals surface area contributed by atoms with E-state index in [-0.39, 0.29) is 5.04 Å². The minimum absolute atomic E-state index is 0.184. The van der Waals surface area contributed by atoms with Crippen molar-refractivity contribution < 1.29 is 19.0 Å². The Hall–Kier alpha value is -0.313. The third-order valence-corrected chi connectivity index (χ3v) is 11.6. The van der Waals surface area contributed by atoms with Crippen molar-refractivity contribution in [2.75, 3.05) is 13.2 Å². The molecular formula is C18H31NO4SSi. The number of thiazole rings is 1. The zero-order valence-corrected chi connectivity index (χ0v) is 17.9. The van der Waals surface area contributed by atoms with Gasteiger partial charge in [0.05, 0.1) is 25.5 Å². The van der Waals surface area contributed by atoms with E-state index in [0.717, 1.165) is 23.5 Å². The lowest BCUT2D eigenvalue weighted by Gasteiger charge is -2.39. The molecule has 1 aromatic heterocycles. The molecule has 0 amide bonds. The molecule has 0 radical (unpaired) electrons. The Balaban J connectivity index is 1.61. The summed E-state index contributed by atoms with van der Waals surface area (Å²) < 4.78 is 17.8. The van der Waals surface area contributed by atoms with E-state index in [2.05, 4.69) is 38.8 Å². The molecule has 1 aromatic rings. The van der Waals surface area contributed by atoms with Gasteiger partial charge in [0.25, 0.3) is 0 Å². The van der Waals surface area contributed by atoms with Crippen molar-refractivity contribution in [2.45, 2.75) is 82.6 Å². The smallest absolute Gasteiger partial charge is 0.192 e. The highest BCUT2D eigenvalue weighted by Gasteiger charge is 2.47. The van der Waals surface area contributed by atoms with Gasteiger partial charge < -0.3 is 19.0 Å². The van der Waals surface area contributed by atoms with Crippen molar-refractivity contribution >= 4 is 19.7 Å². The number of ether oxygens (including phenoxy) is 2. The molecule has 0 bridgehead atoms. The maximum Gasteiger partial charge on any atom is 0.192 e. The van der Waals surface area contributed by atoms with Gasteiger partial charge >= 0.3 is 0 Å². The summed E-state index contributed by atoms with van der Waals surface area (Å²) in [6.45, 7) is 13.0. The zero-order valence-electron chi connectivity index (χ0n) is 16.1. The maximum atomic E-state index is 11.1. The monoisotopic (exact) mass is 385 g/mol. The summed E-state index contributed by atoms with van der Waals surface area (Å²) in [5.41, 5.74) is 0.0624. The van der Waals surface area contributed by atoms with Crippen LogP contribution < -0.4 is 0 Å². The van der Waals surface area contributed by atoms with Gasteiger partial charge in [-0.1, -0.05) is 20.8 Å². The lowest BCUT2D eigenvalue weighted by molar-refractivity contribution is -0.204. The molecule has 1 aliphatic heterocycles. The van der Waals surface area contributed by atoms with Crippen LogP contribution in [0.5, 0.6) is 0 Å². The number of aliphatic hydroxyl groups is 1. The summed E-state index contributed by atoms with van der Waals surface area (Å²) >= 11 is 1.54. The van der Waals surface area contributed by atoms with Crippen LogP contribution in [0.2, 0.25) is 18.1 Å². The molecule has 0 atom stereocenters. The maximum absolute atomic E-state index is 11.1. The van der Waals surface area contributed by atoms with Gasteiger partial charge in [0.1, 0.15) is 10.6 Å². The van der Waals surface area contributed by atoms with Crippen LogP contribution >= 0.6 is 11.3 Å². The molecule has 2 aliphatic rings. The molecule has 1 saturated carbocycles. The van der Waals surface area contributed by atoms with Crippen molar-refractivity contribution in [1.29, 1.82) is 0 Å². The number of aromatic nitrogens is 1. The molecule has 1 spiro atoms. The molecule has 1 saturated heterocycles. The molecule has 3 rings (SSSR count). The molecule has 2 fully saturated rings. The number of hydrogen-bond donors (Lipinski definition) is 1. The lowest BCUT2D eigenvalue weighted by Crippen LogP contribution is -2.42. The summed E-state index contributed by atoms with van der Waals surface area (Å²) in [6, 6.07) is 0. The minimum atomic E-state index is -1.79. The summed E-state index contributed by atoms with van der Waals surface area (Å²) in [6.07, 6.45) is 2.70. The fourth-order valence-corrected chi connectivity index (χ4v) is 5.01. The van der Waals surface area contributed by atoms with Gasteiger partial charge in [-0.05, 0) is 31.0 Å². The Bertz CT molecular complexity index is 594. The van der Waals surface area contributed by atoms with Crippen LogP contribution in [0.3, 0.4) is 0 Å². The molecule has 0 aromatic carbocycles. The van der Waals surface area contributed by atoms with Crippen LogP contribution in [0.25, 0.3) is 0 Å². The molecular weight excluding hydrogens is 354 g/mol. The van der Waals surface area contributed by atoms with Gasteiger partial charge in [-0.15, -0.1) is 11.3 Å². The highest BCUT2D eigenvalue weighted by atomic mass is 32.1. The molecule has 0 unspecified atom stereocenters. The molecule has 5 nitrogen and oxygen atoms in total. The minimum Gasteiger partial charge on any atom is -0.411 e. The van der Waals surface area contributed by atoms with E-state index >= 15 is 0 Å². The standard InChI is InChI=1S/C18H31NO4SSi/c1-16(2,3)25(4,5)23-12-14-13-24-15(19-14)17(20)6-8-18(9-7-17)21-10-11-22-18/h13,20H,6-12H2,1-5H3. The van der Waals surface area contributed by atoms with Crippen LogP contribution in [-0.2, 0) is 26.1 Å². The van der Waals surface area contributed by atoms with E-state index in [4.69, 9.17) is 13.9 Å². The van der Waals surface area contributed by atoms with Crippen LogP contribution in [0.1, 0.15) is 57.2 Å². The Kier molecular flexibility index (Phi) is 5.20. The largest absolute Gasteiger partial charge is 0.411 e. The summed E-state index contributed by atoms with van der Waals surface area (Å²) in [7, 11) is -1.79.